The quantitative estimate of drug-likeness (QED) is 0.897. The number of alkyl halides is 3. The normalized spacial score (nSPS) is 11.2. The van der Waals surface area contributed by atoms with Crippen LogP contribution in [-0.2, 0) is 0 Å². The SMILES string of the molecule is CSC(=O)c1noc(C)c1C(=O)Nc1ccc(OC(F)(F)F)cc1. The van der Waals surface area contributed by atoms with Gasteiger partial charge in [0.2, 0.25) is 5.12 Å². The molecule has 0 spiro atoms. The third-order valence-electron chi connectivity index (χ3n) is 2.81. The maximum absolute atomic E-state index is 12.3. The van der Waals surface area contributed by atoms with Crippen molar-refractivity contribution in [2.75, 3.05) is 11.6 Å². The van der Waals surface area contributed by atoms with E-state index in [-0.39, 0.29) is 22.7 Å². The second-order valence-corrected chi connectivity index (χ2v) is 5.26. The number of amides is 1. The number of nitrogens with one attached hydrogen (secondary N) is 1. The average molecular weight is 360 g/mol. The standard InChI is InChI=1S/C14H11F3N2O4S/c1-7-10(11(19-23-7)13(21)24-2)12(20)18-8-3-5-9(6-4-8)22-14(15,16)17/h3-6H,1-2H3,(H,18,20). The molecule has 2 rings (SSSR count). The fraction of sp³-hybridized carbons (Fsp3) is 0.214. The zero-order valence-electron chi connectivity index (χ0n) is 12.4. The Morgan fingerprint density at radius 3 is 2.42 bits per heavy atom. The second kappa shape index (κ2) is 6.95. The highest BCUT2D eigenvalue weighted by molar-refractivity contribution is 8.13. The van der Waals surface area contributed by atoms with Crippen LogP contribution in [-0.4, -0.2) is 28.8 Å². The largest absolute Gasteiger partial charge is 0.573 e. The van der Waals surface area contributed by atoms with E-state index in [9.17, 15) is 22.8 Å². The van der Waals surface area contributed by atoms with Crippen molar-refractivity contribution >= 4 is 28.5 Å². The molecule has 1 heterocycles. The third kappa shape index (κ3) is 4.28. The molecule has 128 valence electrons. The molecule has 0 radical (unpaired) electrons. The van der Waals surface area contributed by atoms with Crippen LogP contribution < -0.4 is 10.1 Å². The van der Waals surface area contributed by atoms with Crippen molar-refractivity contribution in [3.63, 3.8) is 0 Å². The summed E-state index contributed by atoms with van der Waals surface area (Å²) < 4.78 is 44.9. The van der Waals surface area contributed by atoms with Crippen LogP contribution in [0.25, 0.3) is 0 Å². The molecule has 0 fully saturated rings. The Balaban J connectivity index is 2.16. The van der Waals surface area contributed by atoms with Gasteiger partial charge in [-0.05, 0) is 37.4 Å². The van der Waals surface area contributed by atoms with E-state index in [0.717, 1.165) is 23.9 Å². The highest BCUT2D eigenvalue weighted by Gasteiger charge is 2.31. The van der Waals surface area contributed by atoms with Crippen LogP contribution in [0, 0.1) is 6.92 Å². The zero-order valence-corrected chi connectivity index (χ0v) is 13.2. The van der Waals surface area contributed by atoms with Gasteiger partial charge < -0.3 is 14.6 Å². The minimum Gasteiger partial charge on any atom is -0.406 e. The van der Waals surface area contributed by atoms with Crippen LogP contribution in [0.1, 0.15) is 26.6 Å². The van der Waals surface area contributed by atoms with Crippen molar-refractivity contribution in [1.29, 1.82) is 0 Å². The zero-order chi connectivity index (χ0) is 17.9. The van der Waals surface area contributed by atoms with E-state index in [4.69, 9.17) is 4.52 Å². The minimum absolute atomic E-state index is 0.0232. The number of aryl methyl sites for hydroxylation is 1. The average Bonchev–Trinajstić information content (AvgIpc) is 2.89. The Bertz CT molecular complexity index is 756. The molecule has 0 aliphatic heterocycles. The first kappa shape index (κ1) is 17.9. The minimum atomic E-state index is -4.79. The molecular formula is C14H11F3N2O4S. The van der Waals surface area contributed by atoms with Crippen LogP contribution in [0.2, 0.25) is 0 Å². The van der Waals surface area contributed by atoms with Gasteiger partial charge in [0.1, 0.15) is 17.1 Å². The van der Waals surface area contributed by atoms with E-state index in [1.807, 2.05) is 0 Å². The van der Waals surface area contributed by atoms with Gasteiger partial charge in [-0.15, -0.1) is 13.2 Å². The molecule has 0 aliphatic carbocycles. The lowest BCUT2D eigenvalue weighted by molar-refractivity contribution is -0.274. The Morgan fingerprint density at radius 1 is 1.25 bits per heavy atom. The van der Waals surface area contributed by atoms with Crippen LogP contribution in [0.3, 0.4) is 0 Å². The van der Waals surface area contributed by atoms with E-state index >= 15 is 0 Å². The number of hydrogen-bond acceptors (Lipinski definition) is 6. The molecule has 0 aliphatic rings. The van der Waals surface area contributed by atoms with Crippen molar-refractivity contribution in [1.82, 2.24) is 5.16 Å². The highest BCUT2D eigenvalue weighted by atomic mass is 32.2. The molecule has 6 nitrogen and oxygen atoms in total. The molecule has 2 aromatic rings. The monoisotopic (exact) mass is 360 g/mol. The molecule has 1 amide bonds. The van der Waals surface area contributed by atoms with E-state index in [1.54, 1.807) is 0 Å². The number of benzene rings is 1. The Hall–Kier alpha value is -2.49. The third-order valence-corrected chi connectivity index (χ3v) is 3.38. The number of ether oxygens (including phenoxy) is 1. The van der Waals surface area contributed by atoms with Gasteiger partial charge in [0.15, 0.2) is 5.69 Å². The van der Waals surface area contributed by atoms with Gasteiger partial charge >= 0.3 is 6.36 Å². The molecule has 1 aromatic carbocycles. The van der Waals surface area contributed by atoms with Crippen LogP contribution in [0.5, 0.6) is 5.75 Å². The summed E-state index contributed by atoms with van der Waals surface area (Å²) in [5.74, 6) is -0.919. The maximum atomic E-state index is 12.3. The number of aromatic nitrogens is 1. The molecular weight excluding hydrogens is 349 g/mol. The summed E-state index contributed by atoms with van der Waals surface area (Å²) in [5, 5.41) is 5.57. The van der Waals surface area contributed by atoms with Crippen LogP contribution >= 0.6 is 11.8 Å². The van der Waals surface area contributed by atoms with Gasteiger partial charge in [0.25, 0.3) is 5.91 Å². The summed E-state index contributed by atoms with van der Waals surface area (Å²) in [4.78, 5) is 24.0. The highest BCUT2D eigenvalue weighted by Crippen LogP contribution is 2.25. The van der Waals surface area contributed by atoms with E-state index in [2.05, 4.69) is 15.2 Å². The first-order chi connectivity index (χ1) is 11.2. The summed E-state index contributed by atoms with van der Waals surface area (Å²) >= 11 is 0.872. The Morgan fingerprint density at radius 2 is 1.88 bits per heavy atom. The van der Waals surface area contributed by atoms with E-state index < -0.39 is 23.1 Å². The van der Waals surface area contributed by atoms with Crippen LogP contribution in [0.15, 0.2) is 28.8 Å². The first-order valence-corrected chi connectivity index (χ1v) is 7.65. The number of carbonyl (C=O) groups is 2. The predicted octanol–water partition coefficient (Wildman–Crippen LogP) is 3.64. The topological polar surface area (TPSA) is 81.4 Å². The van der Waals surface area contributed by atoms with Gasteiger partial charge in [-0.1, -0.05) is 16.9 Å². The molecule has 10 heteroatoms. The second-order valence-electron chi connectivity index (χ2n) is 4.48. The molecule has 0 unspecified atom stereocenters. The van der Waals surface area contributed by atoms with Gasteiger partial charge in [-0.25, -0.2) is 0 Å². The maximum Gasteiger partial charge on any atom is 0.573 e. The lowest BCUT2D eigenvalue weighted by Gasteiger charge is -2.10. The number of anilines is 1. The first-order valence-electron chi connectivity index (χ1n) is 6.43. The molecule has 0 saturated heterocycles. The van der Waals surface area contributed by atoms with Crippen molar-refractivity contribution in [2.24, 2.45) is 0 Å². The van der Waals surface area contributed by atoms with Gasteiger partial charge in [0.05, 0.1) is 0 Å². The molecule has 0 atom stereocenters. The number of hydrogen-bond donors (Lipinski definition) is 1. The lowest BCUT2D eigenvalue weighted by Crippen LogP contribution is -2.17. The predicted molar refractivity (Wildman–Crippen MR) is 80.2 cm³/mol. The molecule has 0 bridgehead atoms. The summed E-state index contributed by atoms with van der Waals surface area (Å²) in [6, 6.07) is 4.57. The van der Waals surface area contributed by atoms with Crippen molar-refractivity contribution < 1.29 is 32.0 Å². The van der Waals surface area contributed by atoms with E-state index in [1.165, 1.54) is 25.3 Å². The fourth-order valence-electron chi connectivity index (χ4n) is 1.81. The smallest absolute Gasteiger partial charge is 0.406 e. The number of carbonyl (C=O) groups excluding carboxylic acids is 2. The Kier molecular flexibility index (Phi) is 5.17. The summed E-state index contributed by atoms with van der Waals surface area (Å²) in [6.45, 7) is 1.47. The van der Waals surface area contributed by atoms with Gasteiger partial charge in [-0.2, -0.15) is 0 Å². The van der Waals surface area contributed by atoms with Crippen molar-refractivity contribution in [2.45, 2.75) is 13.3 Å². The van der Waals surface area contributed by atoms with Crippen molar-refractivity contribution in [3.05, 3.63) is 41.3 Å². The van der Waals surface area contributed by atoms with Crippen molar-refractivity contribution in [3.8, 4) is 5.75 Å². The van der Waals surface area contributed by atoms with Crippen LogP contribution in [0.4, 0.5) is 18.9 Å². The number of nitrogens with zero attached hydrogens (tertiary/aromatic N) is 1. The van der Waals surface area contributed by atoms with E-state index in [0.29, 0.717) is 0 Å². The molecule has 1 N–H and O–H groups in total. The number of thioether (sulfide) groups is 1. The fourth-order valence-corrected chi connectivity index (χ4v) is 2.14. The summed E-state index contributed by atoms with van der Waals surface area (Å²) in [6.07, 6.45) is -3.26. The van der Waals surface area contributed by atoms with Gasteiger partial charge in [-0.3, -0.25) is 9.59 Å². The summed E-state index contributed by atoms with van der Waals surface area (Å²) in [7, 11) is 0. The number of rotatable bonds is 4. The molecule has 0 saturated carbocycles. The molecule has 24 heavy (non-hydrogen) atoms. The Labute approximate surface area is 138 Å². The molecule has 1 aromatic heterocycles. The summed E-state index contributed by atoms with van der Waals surface area (Å²) in [5.41, 5.74) is 0.0807. The number of halogens is 3. The lowest BCUT2D eigenvalue weighted by atomic mass is 10.2. The van der Waals surface area contributed by atoms with Gasteiger partial charge in [0, 0.05) is 5.69 Å².